The highest BCUT2D eigenvalue weighted by atomic mass is 79.9. The molecule has 5 heteroatoms. The molecule has 1 aromatic carbocycles. The lowest BCUT2D eigenvalue weighted by atomic mass is 10.0. The van der Waals surface area contributed by atoms with Crippen LogP contribution in [-0.2, 0) is 19.9 Å². The molecule has 1 heterocycles. The Morgan fingerprint density at radius 3 is 2.65 bits per heavy atom. The van der Waals surface area contributed by atoms with Crippen LogP contribution >= 0.6 is 31.9 Å². The van der Waals surface area contributed by atoms with Gasteiger partial charge in [0, 0.05) is 17.9 Å². The van der Waals surface area contributed by atoms with Crippen molar-refractivity contribution in [1.29, 1.82) is 0 Å². The number of rotatable bonds is 4. The van der Waals surface area contributed by atoms with E-state index in [2.05, 4.69) is 43.9 Å². The minimum atomic E-state index is -0.555. The zero-order chi connectivity index (χ0) is 14.9. The van der Waals surface area contributed by atoms with Crippen LogP contribution in [0.5, 0.6) is 0 Å². The first-order valence-corrected chi connectivity index (χ1v) is 8.17. The van der Waals surface area contributed by atoms with Gasteiger partial charge in [0.05, 0.1) is 22.0 Å². The van der Waals surface area contributed by atoms with Crippen LogP contribution in [0.15, 0.2) is 27.1 Å². The lowest BCUT2D eigenvalue weighted by Crippen LogP contribution is -2.07. The first-order valence-electron chi connectivity index (χ1n) is 6.58. The summed E-state index contributed by atoms with van der Waals surface area (Å²) in [6.45, 7) is 4.10. The number of aromatic nitrogens is 2. The summed E-state index contributed by atoms with van der Waals surface area (Å²) < 4.78 is 3.78. The topological polar surface area (TPSA) is 38.0 Å². The molecular formula is C15H18Br2N2O. The van der Waals surface area contributed by atoms with Crippen molar-refractivity contribution in [3.05, 3.63) is 49.7 Å². The van der Waals surface area contributed by atoms with Crippen molar-refractivity contribution in [1.82, 2.24) is 9.78 Å². The van der Waals surface area contributed by atoms with Gasteiger partial charge in [0.2, 0.25) is 0 Å². The smallest absolute Gasteiger partial charge is 0.0856 e. The van der Waals surface area contributed by atoms with Crippen LogP contribution < -0.4 is 0 Å². The molecule has 2 aromatic rings. The normalized spacial score (nSPS) is 12.7. The van der Waals surface area contributed by atoms with Crippen LogP contribution in [0.3, 0.4) is 0 Å². The molecule has 1 unspecified atom stereocenters. The van der Waals surface area contributed by atoms with Crippen molar-refractivity contribution < 1.29 is 5.11 Å². The number of aryl methyl sites for hydroxylation is 3. The number of hydrogen-bond donors (Lipinski definition) is 1. The Morgan fingerprint density at radius 1 is 1.35 bits per heavy atom. The molecule has 0 radical (unpaired) electrons. The van der Waals surface area contributed by atoms with Gasteiger partial charge in [0.25, 0.3) is 0 Å². The fraction of sp³-hybridized carbons (Fsp3) is 0.400. The Kier molecular flexibility index (Phi) is 5.04. The molecule has 0 aliphatic rings. The molecule has 1 atom stereocenters. The van der Waals surface area contributed by atoms with E-state index in [1.54, 1.807) is 0 Å². The Bertz CT molecular complexity index is 623. The Labute approximate surface area is 136 Å². The quantitative estimate of drug-likeness (QED) is 0.837. The van der Waals surface area contributed by atoms with Crippen LogP contribution in [-0.4, -0.2) is 14.9 Å². The van der Waals surface area contributed by atoms with E-state index in [4.69, 9.17) is 0 Å². The highest BCUT2D eigenvalue weighted by molar-refractivity contribution is 9.10. The summed E-state index contributed by atoms with van der Waals surface area (Å²) in [6.07, 6.45) is 0.853. The SMILES string of the molecule is CCc1nn(C)c(CC(O)c2cc(C)ccc2Br)c1Br. The van der Waals surface area contributed by atoms with Gasteiger partial charge in [-0.2, -0.15) is 5.10 Å². The van der Waals surface area contributed by atoms with Gasteiger partial charge in [-0.15, -0.1) is 0 Å². The predicted octanol–water partition coefficient (Wildman–Crippen LogP) is 4.09. The third-order valence-electron chi connectivity index (χ3n) is 3.40. The molecule has 0 bridgehead atoms. The fourth-order valence-corrected chi connectivity index (χ4v) is 3.54. The van der Waals surface area contributed by atoms with E-state index in [1.165, 1.54) is 0 Å². The van der Waals surface area contributed by atoms with Crippen molar-refractivity contribution in [2.45, 2.75) is 32.8 Å². The second kappa shape index (κ2) is 6.41. The van der Waals surface area contributed by atoms with Crippen molar-refractivity contribution in [3.8, 4) is 0 Å². The first-order chi connectivity index (χ1) is 9.43. The molecule has 0 saturated carbocycles. The molecule has 20 heavy (non-hydrogen) atoms. The number of halogens is 2. The largest absolute Gasteiger partial charge is 0.388 e. The summed E-state index contributed by atoms with van der Waals surface area (Å²) in [5.41, 5.74) is 4.09. The van der Waals surface area contributed by atoms with E-state index >= 15 is 0 Å². The van der Waals surface area contributed by atoms with Gasteiger partial charge in [-0.3, -0.25) is 4.68 Å². The summed E-state index contributed by atoms with van der Waals surface area (Å²) in [6, 6.07) is 6.01. The molecule has 0 spiro atoms. The molecule has 0 aliphatic carbocycles. The van der Waals surface area contributed by atoms with Gasteiger partial charge in [-0.05, 0) is 40.9 Å². The monoisotopic (exact) mass is 400 g/mol. The van der Waals surface area contributed by atoms with Gasteiger partial charge in [0.15, 0.2) is 0 Å². The Hall–Kier alpha value is -0.650. The molecule has 3 nitrogen and oxygen atoms in total. The van der Waals surface area contributed by atoms with Crippen molar-refractivity contribution in [2.24, 2.45) is 7.05 Å². The minimum Gasteiger partial charge on any atom is -0.388 e. The van der Waals surface area contributed by atoms with E-state index < -0.39 is 6.10 Å². The third-order valence-corrected chi connectivity index (χ3v) is 5.04. The average Bonchev–Trinajstić information content (AvgIpc) is 2.68. The van der Waals surface area contributed by atoms with Gasteiger partial charge in [0.1, 0.15) is 0 Å². The molecule has 0 aliphatic heterocycles. The molecular weight excluding hydrogens is 384 g/mol. The van der Waals surface area contributed by atoms with Crippen molar-refractivity contribution in [3.63, 3.8) is 0 Å². The fourth-order valence-electron chi connectivity index (χ4n) is 2.25. The highest BCUT2D eigenvalue weighted by Gasteiger charge is 2.19. The second-order valence-electron chi connectivity index (χ2n) is 4.93. The molecule has 1 N–H and O–H groups in total. The number of benzene rings is 1. The number of aliphatic hydroxyl groups excluding tert-OH is 1. The van der Waals surface area contributed by atoms with Gasteiger partial charge in [-0.1, -0.05) is 40.5 Å². The number of hydrogen-bond acceptors (Lipinski definition) is 2. The summed E-state index contributed by atoms with van der Waals surface area (Å²) in [7, 11) is 1.91. The summed E-state index contributed by atoms with van der Waals surface area (Å²) in [5, 5.41) is 15.0. The zero-order valence-electron chi connectivity index (χ0n) is 11.8. The van der Waals surface area contributed by atoms with Gasteiger partial charge >= 0.3 is 0 Å². The van der Waals surface area contributed by atoms with E-state index in [9.17, 15) is 5.11 Å². The van der Waals surface area contributed by atoms with Gasteiger partial charge in [-0.25, -0.2) is 0 Å². The maximum Gasteiger partial charge on any atom is 0.0856 e. The lowest BCUT2D eigenvalue weighted by Gasteiger charge is -2.14. The second-order valence-corrected chi connectivity index (χ2v) is 6.58. The van der Waals surface area contributed by atoms with Gasteiger partial charge < -0.3 is 5.11 Å². The number of aliphatic hydroxyl groups is 1. The third kappa shape index (κ3) is 3.15. The van der Waals surface area contributed by atoms with Crippen LogP contribution in [0.1, 0.15) is 35.5 Å². The summed E-state index contributed by atoms with van der Waals surface area (Å²) >= 11 is 7.10. The number of nitrogens with zero attached hydrogens (tertiary/aromatic N) is 2. The highest BCUT2D eigenvalue weighted by Crippen LogP contribution is 2.30. The van der Waals surface area contributed by atoms with Crippen LogP contribution in [0.25, 0.3) is 0 Å². The molecule has 1 aromatic heterocycles. The minimum absolute atomic E-state index is 0.534. The van der Waals surface area contributed by atoms with E-state index in [0.29, 0.717) is 6.42 Å². The lowest BCUT2D eigenvalue weighted by molar-refractivity contribution is 0.175. The predicted molar refractivity (Wildman–Crippen MR) is 87.8 cm³/mol. The standard InChI is InChI=1S/C15H18Br2N2O/c1-4-12-15(17)13(19(3)18-12)8-14(20)10-7-9(2)5-6-11(10)16/h5-7,14,20H,4,8H2,1-3H3. The van der Waals surface area contributed by atoms with Crippen molar-refractivity contribution >= 4 is 31.9 Å². The Balaban J connectivity index is 2.30. The summed E-state index contributed by atoms with van der Waals surface area (Å²) in [4.78, 5) is 0. The molecule has 0 saturated heterocycles. The van der Waals surface area contributed by atoms with E-state index in [0.717, 1.165) is 37.9 Å². The maximum absolute atomic E-state index is 10.5. The maximum atomic E-state index is 10.5. The van der Waals surface area contributed by atoms with Crippen molar-refractivity contribution in [2.75, 3.05) is 0 Å². The van der Waals surface area contributed by atoms with Crippen LogP contribution in [0, 0.1) is 6.92 Å². The average molecular weight is 402 g/mol. The van der Waals surface area contributed by atoms with Crippen LogP contribution in [0.4, 0.5) is 0 Å². The summed E-state index contributed by atoms with van der Waals surface area (Å²) in [5.74, 6) is 0. The zero-order valence-corrected chi connectivity index (χ0v) is 15.0. The molecule has 108 valence electrons. The molecule has 0 amide bonds. The van der Waals surface area contributed by atoms with E-state index in [-0.39, 0.29) is 0 Å². The molecule has 2 rings (SSSR count). The Morgan fingerprint density at radius 2 is 2.05 bits per heavy atom. The first kappa shape index (κ1) is 15.7. The van der Waals surface area contributed by atoms with Crippen LogP contribution in [0.2, 0.25) is 0 Å². The molecule has 0 fully saturated rings. The van der Waals surface area contributed by atoms with E-state index in [1.807, 2.05) is 36.9 Å².